The van der Waals surface area contributed by atoms with Crippen molar-refractivity contribution in [1.82, 2.24) is 15.1 Å². The van der Waals surface area contributed by atoms with E-state index in [2.05, 4.69) is 5.32 Å². The normalized spacial score (nSPS) is 13.5. The Morgan fingerprint density at radius 2 is 1.57 bits per heavy atom. The third-order valence-electron chi connectivity index (χ3n) is 4.95. The minimum Gasteiger partial charge on any atom is -0.350 e. The number of rotatable bonds is 6. The molecule has 7 nitrogen and oxygen atoms in total. The van der Waals surface area contributed by atoms with E-state index in [1.165, 1.54) is 9.80 Å². The zero-order valence-electron chi connectivity index (χ0n) is 17.8. The molecule has 1 aliphatic heterocycles. The first-order valence-electron chi connectivity index (χ1n) is 10.0. The molecule has 0 unspecified atom stereocenters. The smallest absolute Gasteiger partial charge is 0.261 e. The number of carbonyl (C=O) groups excluding carboxylic acids is 4. The molecule has 1 N–H and O–H groups in total. The van der Waals surface area contributed by atoms with E-state index in [0.29, 0.717) is 22.9 Å². The molecule has 1 heterocycles. The minimum absolute atomic E-state index is 0.0347. The molecule has 30 heavy (non-hydrogen) atoms. The van der Waals surface area contributed by atoms with Crippen molar-refractivity contribution < 1.29 is 19.2 Å². The fourth-order valence-electron chi connectivity index (χ4n) is 3.62. The number of amides is 4. The lowest BCUT2D eigenvalue weighted by Gasteiger charge is -2.27. The highest BCUT2D eigenvalue weighted by atomic mass is 16.2. The maximum Gasteiger partial charge on any atom is 0.261 e. The zero-order chi connectivity index (χ0) is 22.1. The van der Waals surface area contributed by atoms with E-state index >= 15 is 0 Å². The van der Waals surface area contributed by atoms with Crippen molar-refractivity contribution in [3.8, 4) is 0 Å². The van der Waals surface area contributed by atoms with Gasteiger partial charge in [0.1, 0.15) is 0 Å². The standard InChI is InChI=1S/C23H27N3O4/c1-23(2,3)24-18(27)14-25(4)19(28)12-7-13-26-21(29)16-10-5-8-15-9-6-11-17(20(15)16)22(26)30/h5-6,8-11H,7,12-14H2,1-4H3,(H,24,27). The Morgan fingerprint density at radius 3 is 2.10 bits per heavy atom. The average Bonchev–Trinajstić information content (AvgIpc) is 2.66. The molecule has 7 heteroatoms. The number of nitrogens with zero attached hydrogens (tertiary/aromatic N) is 2. The quantitative estimate of drug-likeness (QED) is 0.743. The summed E-state index contributed by atoms with van der Waals surface area (Å²) in [4.78, 5) is 52.6. The molecule has 0 fully saturated rings. The van der Waals surface area contributed by atoms with Gasteiger partial charge in [-0.2, -0.15) is 0 Å². The lowest BCUT2D eigenvalue weighted by molar-refractivity contribution is -0.135. The zero-order valence-corrected chi connectivity index (χ0v) is 17.8. The summed E-state index contributed by atoms with van der Waals surface area (Å²) in [6.07, 6.45) is 0.474. The van der Waals surface area contributed by atoms with Crippen LogP contribution in [-0.4, -0.2) is 59.1 Å². The van der Waals surface area contributed by atoms with Crippen LogP contribution in [0.25, 0.3) is 10.8 Å². The second-order valence-corrected chi connectivity index (χ2v) is 8.62. The van der Waals surface area contributed by atoms with E-state index in [1.807, 2.05) is 32.9 Å². The molecule has 2 aromatic rings. The Hall–Kier alpha value is -3.22. The average molecular weight is 409 g/mol. The van der Waals surface area contributed by atoms with Crippen LogP contribution in [0, 0.1) is 0 Å². The summed E-state index contributed by atoms with van der Waals surface area (Å²) >= 11 is 0. The topological polar surface area (TPSA) is 86.8 Å². The second kappa shape index (κ2) is 8.26. The first-order chi connectivity index (χ1) is 14.1. The molecule has 1 aliphatic rings. The third-order valence-corrected chi connectivity index (χ3v) is 4.95. The van der Waals surface area contributed by atoms with Gasteiger partial charge in [-0.1, -0.05) is 24.3 Å². The van der Waals surface area contributed by atoms with Crippen molar-refractivity contribution >= 4 is 34.4 Å². The van der Waals surface area contributed by atoms with Crippen molar-refractivity contribution in [1.29, 1.82) is 0 Å². The second-order valence-electron chi connectivity index (χ2n) is 8.62. The predicted octanol–water partition coefficient (Wildman–Crippen LogP) is 2.59. The molecular weight excluding hydrogens is 382 g/mol. The van der Waals surface area contributed by atoms with E-state index in [-0.39, 0.29) is 48.7 Å². The van der Waals surface area contributed by atoms with Gasteiger partial charge in [0.15, 0.2) is 0 Å². The van der Waals surface area contributed by atoms with Gasteiger partial charge in [0.2, 0.25) is 11.8 Å². The molecule has 158 valence electrons. The van der Waals surface area contributed by atoms with E-state index in [4.69, 9.17) is 0 Å². The van der Waals surface area contributed by atoms with Gasteiger partial charge < -0.3 is 10.2 Å². The highest BCUT2D eigenvalue weighted by Gasteiger charge is 2.32. The third kappa shape index (κ3) is 4.50. The Bertz CT molecular complexity index is 972. The molecule has 0 aromatic heterocycles. The molecule has 3 rings (SSSR count). The van der Waals surface area contributed by atoms with Gasteiger partial charge in [0, 0.05) is 42.1 Å². The number of likely N-dealkylation sites (N-methyl/N-ethyl adjacent to an activating group) is 1. The largest absolute Gasteiger partial charge is 0.350 e. The number of hydrogen-bond acceptors (Lipinski definition) is 4. The van der Waals surface area contributed by atoms with Crippen molar-refractivity contribution in [3.05, 3.63) is 47.5 Å². The summed E-state index contributed by atoms with van der Waals surface area (Å²) in [6.45, 7) is 5.73. The van der Waals surface area contributed by atoms with Crippen LogP contribution in [0.1, 0.15) is 54.3 Å². The van der Waals surface area contributed by atoms with Gasteiger partial charge in [0.25, 0.3) is 11.8 Å². The highest BCUT2D eigenvalue weighted by Crippen LogP contribution is 2.30. The van der Waals surface area contributed by atoms with Crippen LogP contribution in [0.3, 0.4) is 0 Å². The first kappa shape index (κ1) is 21.5. The van der Waals surface area contributed by atoms with Crippen LogP contribution in [0.4, 0.5) is 0 Å². The molecule has 0 saturated carbocycles. The van der Waals surface area contributed by atoms with Crippen LogP contribution in [0.5, 0.6) is 0 Å². The predicted molar refractivity (Wildman–Crippen MR) is 114 cm³/mol. The lowest BCUT2D eigenvalue weighted by atomic mass is 9.94. The maximum absolute atomic E-state index is 12.9. The lowest BCUT2D eigenvalue weighted by Crippen LogP contribution is -2.46. The monoisotopic (exact) mass is 409 g/mol. The van der Waals surface area contributed by atoms with Crippen molar-refractivity contribution in [3.63, 3.8) is 0 Å². The van der Waals surface area contributed by atoms with Gasteiger partial charge in [-0.25, -0.2) is 0 Å². The molecule has 0 aliphatic carbocycles. The molecule has 0 atom stereocenters. The SMILES string of the molecule is CN(CC(=O)NC(C)(C)C)C(=O)CCCN1C(=O)c2cccc3cccc(c23)C1=O. The molecule has 0 bridgehead atoms. The number of carbonyl (C=O) groups is 4. The van der Waals surface area contributed by atoms with E-state index in [9.17, 15) is 19.2 Å². The molecule has 0 saturated heterocycles. The number of benzene rings is 2. The van der Waals surface area contributed by atoms with Gasteiger partial charge in [-0.05, 0) is 44.7 Å². The molecule has 2 aromatic carbocycles. The van der Waals surface area contributed by atoms with Crippen LogP contribution in [0.2, 0.25) is 0 Å². The number of hydrogen-bond donors (Lipinski definition) is 1. The summed E-state index contributed by atoms with van der Waals surface area (Å²) in [7, 11) is 1.57. The molecule has 0 spiro atoms. The first-order valence-corrected chi connectivity index (χ1v) is 10.0. The molecule has 0 radical (unpaired) electrons. The van der Waals surface area contributed by atoms with Crippen molar-refractivity contribution in [2.45, 2.75) is 39.2 Å². The van der Waals surface area contributed by atoms with E-state index < -0.39 is 0 Å². The van der Waals surface area contributed by atoms with E-state index in [1.54, 1.807) is 31.3 Å². The summed E-state index contributed by atoms with van der Waals surface area (Å²) in [5.41, 5.74) is 0.643. The highest BCUT2D eigenvalue weighted by molar-refractivity contribution is 6.25. The Balaban J connectivity index is 1.60. The summed E-state index contributed by atoms with van der Waals surface area (Å²) < 4.78 is 0. The summed E-state index contributed by atoms with van der Waals surface area (Å²) in [6, 6.07) is 10.8. The van der Waals surface area contributed by atoms with Crippen LogP contribution in [0.15, 0.2) is 36.4 Å². The molecule has 4 amide bonds. The summed E-state index contributed by atoms with van der Waals surface area (Å²) in [5, 5.41) is 4.36. The molecular formula is C23H27N3O4. The maximum atomic E-state index is 12.9. The fourth-order valence-corrected chi connectivity index (χ4v) is 3.62. The van der Waals surface area contributed by atoms with Gasteiger partial charge in [-0.15, -0.1) is 0 Å². The Labute approximate surface area is 176 Å². The van der Waals surface area contributed by atoms with Crippen LogP contribution >= 0.6 is 0 Å². The Kier molecular flexibility index (Phi) is 5.92. The Morgan fingerprint density at radius 1 is 1.00 bits per heavy atom. The number of imide groups is 1. The van der Waals surface area contributed by atoms with Crippen molar-refractivity contribution in [2.24, 2.45) is 0 Å². The van der Waals surface area contributed by atoms with Gasteiger partial charge in [-0.3, -0.25) is 24.1 Å². The van der Waals surface area contributed by atoms with Crippen LogP contribution in [-0.2, 0) is 9.59 Å². The van der Waals surface area contributed by atoms with Crippen molar-refractivity contribution in [2.75, 3.05) is 20.1 Å². The minimum atomic E-state index is -0.366. The fraction of sp³-hybridized carbons (Fsp3) is 0.391. The summed E-state index contributed by atoms with van der Waals surface area (Å²) in [5.74, 6) is -1.12. The van der Waals surface area contributed by atoms with Crippen LogP contribution < -0.4 is 5.32 Å². The number of nitrogens with one attached hydrogen (secondary N) is 1. The van der Waals surface area contributed by atoms with Gasteiger partial charge >= 0.3 is 0 Å². The van der Waals surface area contributed by atoms with E-state index in [0.717, 1.165) is 5.39 Å². The van der Waals surface area contributed by atoms with Gasteiger partial charge in [0.05, 0.1) is 6.54 Å².